The van der Waals surface area contributed by atoms with Crippen molar-refractivity contribution >= 4 is 27.9 Å². The molecule has 1 atom stereocenters. The molecule has 0 saturated carbocycles. The van der Waals surface area contributed by atoms with Crippen molar-refractivity contribution in [3.05, 3.63) is 0 Å². The van der Waals surface area contributed by atoms with Crippen LogP contribution in [0.4, 0.5) is 4.79 Å². The molecule has 0 aliphatic carbocycles. The Morgan fingerprint density at radius 1 is 1.43 bits per heavy atom. The highest BCUT2D eigenvalue weighted by molar-refractivity contribution is 7.89. The SMILES string of the molecule is COC(=O)CCCS(=O)(=O)N1CCC2(C1)NC(=O)NC2=O. The lowest BCUT2D eigenvalue weighted by Gasteiger charge is -2.20. The van der Waals surface area contributed by atoms with Gasteiger partial charge in [0.15, 0.2) is 0 Å². The summed E-state index contributed by atoms with van der Waals surface area (Å²) in [5, 5.41) is 4.60. The van der Waals surface area contributed by atoms with Crippen LogP contribution in [0, 0.1) is 0 Å². The van der Waals surface area contributed by atoms with E-state index in [1.54, 1.807) is 0 Å². The summed E-state index contributed by atoms with van der Waals surface area (Å²) in [6, 6.07) is -0.607. The van der Waals surface area contributed by atoms with Crippen molar-refractivity contribution in [2.45, 2.75) is 24.8 Å². The molecule has 2 fully saturated rings. The van der Waals surface area contributed by atoms with E-state index in [1.165, 1.54) is 11.4 Å². The van der Waals surface area contributed by atoms with Crippen LogP contribution >= 0.6 is 0 Å². The Morgan fingerprint density at radius 2 is 2.14 bits per heavy atom. The van der Waals surface area contributed by atoms with Gasteiger partial charge in [-0.1, -0.05) is 0 Å². The summed E-state index contributed by atoms with van der Waals surface area (Å²) in [7, 11) is -2.34. The number of nitrogens with one attached hydrogen (secondary N) is 2. The number of sulfonamides is 1. The van der Waals surface area contributed by atoms with E-state index in [1.807, 2.05) is 0 Å². The molecular weight excluding hydrogens is 302 g/mol. The lowest BCUT2D eigenvalue weighted by Crippen LogP contribution is -2.49. The predicted octanol–water partition coefficient (Wildman–Crippen LogP) is -1.45. The molecule has 10 heteroatoms. The van der Waals surface area contributed by atoms with Gasteiger partial charge in [0.05, 0.1) is 12.9 Å². The number of nitrogens with zero attached hydrogens (tertiary/aromatic N) is 1. The molecule has 0 bridgehead atoms. The van der Waals surface area contributed by atoms with Crippen LogP contribution in [0.5, 0.6) is 0 Å². The Balaban J connectivity index is 1.95. The van der Waals surface area contributed by atoms with E-state index in [2.05, 4.69) is 15.4 Å². The van der Waals surface area contributed by atoms with Gasteiger partial charge in [0.1, 0.15) is 5.54 Å². The third-order valence-electron chi connectivity index (χ3n) is 3.65. The maximum absolute atomic E-state index is 12.2. The summed E-state index contributed by atoms with van der Waals surface area (Å²) in [6.07, 6.45) is 0.407. The van der Waals surface area contributed by atoms with Gasteiger partial charge in [-0.2, -0.15) is 4.31 Å². The maximum atomic E-state index is 12.2. The van der Waals surface area contributed by atoms with Crippen molar-refractivity contribution < 1.29 is 27.5 Å². The van der Waals surface area contributed by atoms with Gasteiger partial charge in [0, 0.05) is 19.5 Å². The van der Waals surface area contributed by atoms with Crippen molar-refractivity contribution in [1.29, 1.82) is 0 Å². The zero-order chi connectivity index (χ0) is 15.7. The summed E-state index contributed by atoms with van der Waals surface area (Å²) >= 11 is 0. The van der Waals surface area contributed by atoms with E-state index in [0.717, 1.165) is 0 Å². The minimum atomic E-state index is -3.57. The predicted molar refractivity (Wildman–Crippen MR) is 70.6 cm³/mol. The number of ether oxygens (including phenoxy) is 1. The van der Waals surface area contributed by atoms with Crippen LogP contribution in [0.2, 0.25) is 0 Å². The maximum Gasteiger partial charge on any atom is 0.322 e. The Morgan fingerprint density at radius 3 is 2.71 bits per heavy atom. The monoisotopic (exact) mass is 319 g/mol. The Hall–Kier alpha value is -1.68. The van der Waals surface area contributed by atoms with Gasteiger partial charge < -0.3 is 10.1 Å². The molecule has 2 aliphatic heterocycles. The molecule has 0 aromatic heterocycles. The highest BCUT2D eigenvalue weighted by atomic mass is 32.2. The Bertz CT molecular complexity index is 575. The second kappa shape index (κ2) is 5.60. The molecule has 2 aliphatic rings. The lowest BCUT2D eigenvalue weighted by molar-refractivity contribution is -0.140. The first-order valence-corrected chi connectivity index (χ1v) is 8.08. The molecule has 0 radical (unpaired) electrons. The number of imide groups is 1. The fraction of sp³-hybridized carbons (Fsp3) is 0.727. The van der Waals surface area contributed by atoms with Crippen molar-refractivity contribution in [3.63, 3.8) is 0 Å². The largest absolute Gasteiger partial charge is 0.469 e. The summed E-state index contributed by atoms with van der Waals surface area (Å²) in [6.45, 7) is 0.0827. The second-order valence-electron chi connectivity index (χ2n) is 5.07. The number of carbonyl (C=O) groups excluding carboxylic acids is 3. The first kappa shape index (κ1) is 15.7. The van der Waals surface area contributed by atoms with E-state index in [9.17, 15) is 22.8 Å². The third-order valence-corrected chi connectivity index (χ3v) is 5.56. The number of amides is 3. The molecule has 9 nitrogen and oxygen atoms in total. The standard InChI is InChI=1S/C11H17N3O6S/c1-20-8(15)3-2-6-21(18,19)14-5-4-11(7-14)9(16)12-10(17)13-11/h2-7H2,1H3,(H2,12,13,16,17). The molecule has 2 N–H and O–H groups in total. The summed E-state index contributed by atoms with van der Waals surface area (Å²) in [4.78, 5) is 33.9. The molecule has 1 unspecified atom stereocenters. The van der Waals surface area contributed by atoms with Gasteiger partial charge >= 0.3 is 12.0 Å². The van der Waals surface area contributed by atoms with Crippen LogP contribution in [-0.2, 0) is 24.3 Å². The lowest BCUT2D eigenvalue weighted by atomic mass is 10.00. The number of rotatable bonds is 5. The number of carbonyl (C=O) groups is 3. The molecule has 1 spiro atoms. The first-order valence-electron chi connectivity index (χ1n) is 6.47. The van der Waals surface area contributed by atoms with Gasteiger partial charge in [-0.25, -0.2) is 13.2 Å². The molecule has 2 saturated heterocycles. The van der Waals surface area contributed by atoms with E-state index >= 15 is 0 Å². The third kappa shape index (κ3) is 3.16. The molecule has 0 aromatic rings. The van der Waals surface area contributed by atoms with Crippen LogP contribution in [-0.4, -0.2) is 62.1 Å². The number of hydrogen-bond donors (Lipinski definition) is 2. The molecule has 118 valence electrons. The highest BCUT2D eigenvalue weighted by Gasteiger charge is 2.52. The quantitative estimate of drug-likeness (QED) is 0.472. The van der Waals surface area contributed by atoms with E-state index in [4.69, 9.17) is 0 Å². The molecule has 3 amide bonds. The van der Waals surface area contributed by atoms with E-state index in [-0.39, 0.29) is 38.1 Å². The first-order chi connectivity index (χ1) is 9.79. The molecule has 2 heterocycles. The van der Waals surface area contributed by atoms with Gasteiger partial charge in [-0.05, 0) is 12.8 Å². The topological polar surface area (TPSA) is 122 Å². The number of methoxy groups -OCH3 is 1. The van der Waals surface area contributed by atoms with E-state index < -0.39 is 33.5 Å². The van der Waals surface area contributed by atoms with Gasteiger partial charge in [-0.15, -0.1) is 0 Å². The molecule has 21 heavy (non-hydrogen) atoms. The van der Waals surface area contributed by atoms with Crippen molar-refractivity contribution in [2.24, 2.45) is 0 Å². The molecule has 0 aromatic carbocycles. The normalized spacial score (nSPS) is 26.0. The van der Waals surface area contributed by atoms with Gasteiger partial charge in [0.25, 0.3) is 5.91 Å². The minimum absolute atomic E-state index is 0.0198. The highest BCUT2D eigenvalue weighted by Crippen LogP contribution is 2.27. The fourth-order valence-electron chi connectivity index (χ4n) is 2.46. The number of hydrogen-bond acceptors (Lipinski definition) is 6. The summed E-state index contributed by atoms with van der Waals surface area (Å²) in [5.74, 6) is -1.17. The number of esters is 1. The summed E-state index contributed by atoms with van der Waals surface area (Å²) in [5.41, 5.74) is -1.16. The van der Waals surface area contributed by atoms with Crippen molar-refractivity contribution in [2.75, 3.05) is 26.0 Å². The van der Waals surface area contributed by atoms with Crippen molar-refractivity contribution in [1.82, 2.24) is 14.9 Å². The second-order valence-corrected chi connectivity index (χ2v) is 7.16. The van der Waals surface area contributed by atoms with Gasteiger partial charge in [-0.3, -0.25) is 14.9 Å². The summed E-state index contributed by atoms with van der Waals surface area (Å²) < 4.78 is 29.9. The Kier molecular flexibility index (Phi) is 4.19. The Labute approximate surface area is 122 Å². The smallest absolute Gasteiger partial charge is 0.322 e. The zero-order valence-electron chi connectivity index (χ0n) is 11.5. The fourth-order valence-corrected chi connectivity index (χ4v) is 4.01. The van der Waals surface area contributed by atoms with Gasteiger partial charge in [0.2, 0.25) is 10.0 Å². The van der Waals surface area contributed by atoms with Crippen LogP contribution in [0.15, 0.2) is 0 Å². The average Bonchev–Trinajstić information content (AvgIpc) is 2.95. The van der Waals surface area contributed by atoms with Crippen LogP contribution in [0.3, 0.4) is 0 Å². The van der Waals surface area contributed by atoms with Crippen LogP contribution in [0.1, 0.15) is 19.3 Å². The van der Waals surface area contributed by atoms with E-state index in [0.29, 0.717) is 0 Å². The minimum Gasteiger partial charge on any atom is -0.469 e. The number of urea groups is 1. The zero-order valence-corrected chi connectivity index (χ0v) is 12.4. The molecule has 2 rings (SSSR count). The average molecular weight is 319 g/mol. The molecular formula is C11H17N3O6S. The van der Waals surface area contributed by atoms with Crippen LogP contribution in [0.25, 0.3) is 0 Å². The van der Waals surface area contributed by atoms with Crippen molar-refractivity contribution in [3.8, 4) is 0 Å². The van der Waals surface area contributed by atoms with Crippen LogP contribution < -0.4 is 10.6 Å².